The van der Waals surface area contributed by atoms with E-state index in [2.05, 4.69) is 10.6 Å². The summed E-state index contributed by atoms with van der Waals surface area (Å²) in [7, 11) is 3.14. The summed E-state index contributed by atoms with van der Waals surface area (Å²) in [5.41, 5.74) is 0.515. The molecule has 0 bridgehead atoms. The highest BCUT2D eigenvalue weighted by Gasteiger charge is 2.17. The third-order valence-corrected chi connectivity index (χ3v) is 3.66. The molecular formula is C15H22N2O3. The number of methoxy groups -OCH3 is 2. The van der Waals surface area contributed by atoms with Gasteiger partial charge in [0.25, 0.3) is 5.91 Å². The number of benzene rings is 1. The fourth-order valence-electron chi connectivity index (χ4n) is 2.41. The number of piperidine rings is 1. The largest absolute Gasteiger partial charge is 0.497 e. The van der Waals surface area contributed by atoms with Crippen LogP contribution in [0.15, 0.2) is 18.2 Å². The maximum absolute atomic E-state index is 12.3. The van der Waals surface area contributed by atoms with E-state index in [1.54, 1.807) is 32.4 Å². The molecule has 20 heavy (non-hydrogen) atoms. The Hall–Kier alpha value is -1.75. The predicted octanol–water partition coefficient (Wildman–Crippen LogP) is 1.43. The molecule has 0 aliphatic carbocycles. The zero-order chi connectivity index (χ0) is 14.4. The first-order valence-electron chi connectivity index (χ1n) is 6.95. The number of carbonyl (C=O) groups is 1. The number of hydrogen-bond donors (Lipinski definition) is 2. The van der Waals surface area contributed by atoms with E-state index in [0.717, 1.165) is 25.9 Å². The Bertz CT molecular complexity index is 456. The Morgan fingerprint density at radius 2 is 2.05 bits per heavy atom. The number of rotatable bonds is 5. The molecule has 0 saturated carbocycles. The van der Waals surface area contributed by atoms with Crippen LogP contribution in [-0.4, -0.2) is 39.8 Å². The number of amides is 1. The minimum absolute atomic E-state index is 0.112. The maximum atomic E-state index is 12.3. The third-order valence-electron chi connectivity index (χ3n) is 3.66. The van der Waals surface area contributed by atoms with E-state index < -0.39 is 0 Å². The lowest BCUT2D eigenvalue weighted by atomic mass is 9.98. The van der Waals surface area contributed by atoms with Crippen LogP contribution in [0.5, 0.6) is 11.5 Å². The molecule has 1 aliphatic heterocycles. The van der Waals surface area contributed by atoms with Crippen molar-refractivity contribution in [2.75, 3.05) is 33.9 Å². The number of hydrogen-bond acceptors (Lipinski definition) is 4. The number of ether oxygens (including phenoxy) is 2. The molecule has 2 rings (SSSR count). The van der Waals surface area contributed by atoms with Crippen molar-refractivity contribution >= 4 is 5.91 Å². The average Bonchev–Trinajstić information content (AvgIpc) is 2.52. The van der Waals surface area contributed by atoms with Gasteiger partial charge in [0.05, 0.1) is 19.8 Å². The molecule has 2 N–H and O–H groups in total. The summed E-state index contributed by atoms with van der Waals surface area (Å²) in [6.07, 6.45) is 2.21. The van der Waals surface area contributed by atoms with Crippen LogP contribution in [0.25, 0.3) is 0 Å². The van der Waals surface area contributed by atoms with Crippen molar-refractivity contribution in [2.45, 2.75) is 12.8 Å². The van der Waals surface area contributed by atoms with Crippen LogP contribution in [0, 0.1) is 5.92 Å². The highest BCUT2D eigenvalue weighted by atomic mass is 16.5. The van der Waals surface area contributed by atoms with Crippen molar-refractivity contribution < 1.29 is 14.3 Å². The maximum Gasteiger partial charge on any atom is 0.255 e. The lowest BCUT2D eigenvalue weighted by molar-refractivity contribution is 0.0941. The summed E-state index contributed by atoms with van der Waals surface area (Å²) in [4.78, 5) is 12.3. The molecule has 0 radical (unpaired) electrons. The lowest BCUT2D eigenvalue weighted by Crippen LogP contribution is -2.36. The van der Waals surface area contributed by atoms with Crippen molar-refractivity contribution in [1.29, 1.82) is 0 Å². The molecule has 1 saturated heterocycles. The highest BCUT2D eigenvalue weighted by molar-refractivity contribution is 5.97. The van der Waals surface area contributed by atoms with Gasteiger partial charge in [0.15, 0.2) is 0 Å². The van der Waals surface area contributed by atoms with E-state index in [9.17, 15) is 4.79 Å². The first-order valence-corrected chi connectivity index (χ1v) is 6.95. The molecule has 1 aromatic rings. The Kier molecular flexibility index (Phi) is 5.24. The van der Waals surface area contributed by atoms with Crippen molar-refractivity contribution in [3.63, 3.8) is 0 Å². The van der Waals surface area contributed by atoms with Gasteiger partial charge in [-0.2, -0.15) is 0 Å². The lowest BCUT2D eigenvalue weighted by Gasteiger charge is -2.23. The minimum atomic E-state index is -0.112. The molecule has 1 amide bonds. The fourth-order valence-corrected chi connectivity index (χ4v) is 2.41. The third kappa shape index (κ3) is 3.63. The van der Waals surface area contributed by atoms with Crippen LogP contribution in [0.1, 0.15) is 23.2 Å². The van der Waals surface area contributed by atoms with Gasteiger partial charge in [-0.05, 0) is 50.0 Å². The summed E-state index contributed by atoms with van der Waals surface area (Å²) < 4.78 is 10.4. The highest BCUT2D eigenvalue weighted by Crippen LogP contribution is 2.24. The quantitative estimate of drug-likeness (QED) is 0.855. The second-order valence-electron chi connectivity index (χ2n) is 4.97. The number of nitrogens with one attached hydrogen (secondary N) is 2. The van der Waals surface area contributed by atoms with E-state index in [0.29, 0.717) is 29.5 Å². The van der Waals surface area contributed by atoms with E-state index in [4.69, 9.17) is 9.47 Å². The van der Waals surface area contributed by atoms with Gasteiger partial charge < -0.3 is 20.1 Å². The monoisotopic (exact) mass is 278 g/mol. The van der Waals surface area contributed by atoms with Crippen molar-refractivity contribution in [1.82, 2.24) is 10.6 Å². The second-order valence-corrected chi connectivity index (χ2v) is 4.97. The SMILES string of the molecule is COc1ccc(OC)c(C(=O)NCC2CCNCC2)c1. The van der Waals surface area contributed by atoms with Gasteiger partial charge >= 0.3 is 0 Å². The van der Waals surface area contributed by atoms with Gasteiger partial charge in [0, 0.05) is 6.54 Å². The first kappa shape index (κ1) is 14.7. The topological polar surface area (TPSA) is 59.6 Å². The first-order chi connectivity index (χ1) is 9.74. The van der Waals surface area contributed by atoms with E-state index in [1.807, 2.05) is 0 Å². The summed E-state index contributed by atoms with van der Waals surface area (Å²) in [5.74, 6) is 1.66. The molecule has 110 valence electrons. The minimum Gasteiger partial charge on any atom is -0.497 e. The van der Waals surface area contributed by atoms with Crippen molar-refractivity contribution in [3.05, 3.63) is 23.8 Å². The Labute approximate surface area is 119 Å². The second kappa shape index (κ2) is 7.14. The molecule has 5 heteroatoms. The summed E-state index contributed by atoms with van der Waals surface area (Å²) >= 11 is 0. The zero-order valence-corrected chi connectivity index (χ0v) is 12.1. The van der Waals surface area contributed by atoms with Gasteiger partial charge in [-0.15, -0.1) is 0 Å². The molecule has 1 aliphatic rings. The average molecular weight is 278 g/mol. The Morgan fingerprint density at radius 1 is 1.30 bits per heavy atom. The Balaban J connectivity index is 2.00. The molecule has 1 heterocycles. The van der Waals surface area contributed by atoms with E-state index in [1.165, 1.54) is 0 Å². The fraction of sp³-hybridized carbons (Fsp3) is 0.533. The van der Waals surface area contributed by atoms with Crippen molar-refractivity contribution in [3.8, 4) is 11.5 Å². The Morgan fingerprint density at radius 3 is 2.70 bits per heavy atom. The van der Waals surface area contributed by atoms with Gasteiger partial charge in [0.2, 0.25) is 0 Å². The van der Waals surface area contributed by atoms with E-state index in [-0.39, 0.29) is 5.91 Å². The van der Waals surface area contributed by atoms with Gasteiger partial charge in [-0.25, -0.2) is 0 Å². The smallest absolute Gasteiger partial charge is 0.255 e. The molecule has 1 fully saturated rings. The van der Waals surface area contributed by atoms with Crippen LogP contribution in [-0.2, 0) is 0 Å². The van der Waals surface area contributed by atoms with Crippen LogP contribution in [0.2, 0.25) is 0 Å². The van der Waals surface area contributed by atoms with E-state index >= 15 is 0 Å². The standard InChI is InChI=1S/C15H22N2O3/c1-19-12-3-4-14(20-2)13(9-12)15(18)17-10-11-5-7-16-8-6-11/h3-4,9,11,16H,5-8,10H2,1-2H3,(H,17,18). The summed E-state index contributed by atoms with van der Waals surface area (Å²) in [6.45, 7) is 2.77. The predicted molar refractivity (Wildman–Crippen MR) is 77.5 cm³/mol. The summed E-state index contributed by atoms with van der Waals surface area (Å²) in [5, 5.41) is 6.31. The van der Waals surface area contributed by atoms with Crippen LogP contribution >= 0.6 is 0 Å². The zero-order valence-electron chi connectivity index (χ0n) is 12.1. The molecule has 1 aromatic carbocycles. The number of carbonyl (C=O) groups excluding carboxylic acids is 1. The molecule has 0 aromatic heterocycles. The van der Waals surface area contributed by atoms with Crippen LogP contribution in [0.4, 0.5) is 0 Å². The van der Waals surface area contributed by atoms with Crippen LogP contribution < -0.4 is 20.1 Å². The molecule has 5 nitrogen and oxygen atoms in total. The van der Waals surface area contributed by atoms with Crippen LogP contribution in [0.3, 0.4) is 0 Å². The normalized spacial score (nSPS) is 15.7. The molecule has 0 spiro atoms. The molecule has 0 atom stereocenters. The molecular weight excluding hydrogens is 256 g/mol. The van der Waals surface area contributed by atoms with Gasteiger partial charge in [0.1, 0.15) is 11.5 Å². The van der Waals surface area contributed by atoms with Gasteiger partial charge in [-0.1, -0.05) is 0 Å². The van der Waals surface area contributed by atoms with Gasteiger partial charge in [-0.3, -0.25) is 4.79 Å². The van der Waals surface area contributed by atoms with Crippen molar-refractivity contribution in [2.24, 2.45) is 5.92 Å². The molecule has 0 unspecified atom stereocenters. The summed E-state index contributed by atoms with van der Waals surface area (Å²) in [6, 6.07) is 5.23.